The third-order valence-electron chi connectivity index (χ3n) is 6.50. The van der Waals surface area contributed by atoms with Crippen LogP contribution in [0.4, 0.5) is 5.69 Å². The van der Waals surface area contributed by atoms with Gasteiger partial charge in [0.1, 0.15) is 0 Å². The van der Waals surface area contributed by atoms with E-state index in [1.165, 1.54) is 44.4 Å². The molecule has 0 bridgehead atoms. The molecule has 152 valence electrons. The number of hydrogen-bond donors (Lipinski definition) is 0. The van der Waals surface area contributed by atoms with Gasteiger partial charge in [-0.25, -0.2) is 0 Å². The monoisotopic (exact) mass is 397 g/mol. The lowest BCUT2D eigenvalue weighted by Gasteiger charge is -2.25. The number of fused-ring (bicyclic) bond motifs is 2. The van der Waals surface area contributed by atoms with Gasteiger partial charge in [-0.1, -0.05) is 48.5 Å². The lowest BCUT2D eigenvalue weighted by molar-refractivity contribution is -0.438. The molecule has 30 heavy (non-hydrogen) atoms. The molecule has 2 aliphatic heterocycles. The van der Waals surface area contributed by atoms with Gasteiger partial charge in [0.15, 0.2) is 12.3 Å². The van der Waals surface area contributed by atoms with E-state index in [2.05, 4.69) is 90.1 Å². The summed E-state index contributed by atoms with van der Waals surface area (Å²) in [6, 6.07) is 22.0. The molecule has 3 aromatic carbocycles. The second kappa shape index (κ2) is 8.17. The Labute approximate surface area is 178 Å². The first-order chi connectivity index (χ1) is 14.7. The Balaban J connectivity index is 1.55. The number of nitrogens with zero attached hydrogens (tertiary/aromatic N) is 2. The van der Waals surface area contributed by atoms with E-state index < -0.39 is 0 Å². The van der Waals surface area contributed by atoms with E-state index in [9.17, 15) is 0 Å². The van der Waals surface area contributed by atoms with Crippen molar-refractivity contribution in [3.63, 3.8) is 0 Å². The molecule has 1 saturated heterocycles. The molecule has 0 radical (unpaired) electrons. The molecule has 2 heterocycles. The highest BCUT2D eigenvalue weighted by Gasteiger charge is 2.31. The fourth-order valence-corrected chi connectivity index (χ4v) is 4.75. The fraction of sp³-hybridized carbons (Fsp3) is 0.296. The molecule has 0 atom stereocenters. The Morgan fingerprint density at radius 2 is 1.63 bits per heavy atom. The Bertz CT molecular complexity index is 1150. The quantitative estimate of drug-likeness (QED) is 0.567. The van der Waals surface area contributed by atoms with Crippen LogP contribution in [0.15, 0.2) is 60.7 Å². The second-order valence-electron chi connectivity index (χ2n) is 8.28. The van der Waals surface area contributed by atoms with Gasteiger partial charge in [0.25, 0.3) is 0 Å². The van der Waals surface area contributed by atoms with E-state index in [0.29, 0.717) is 0 Å². The van der Waals surface area contributed by atoms with Gasteiger partial charge in [-0.15, -0.1) is 0 Å². The molecular formula is C27H29N2O+. The summed E-state index contributed by atoms with van der Waals surface area (Å²) in [4.78, 5) is 2.51. The van der Waals surface area contributed by atoms with E-state index >= 15 is 0 Å². The second-order valence-corrected chi connectivity index (χ2v) is 8.28. The average Bonchev–Trinajstić information content (AvgIpc) is 3.06. The van der Waals surface area contributed by atoms with Crippen molar-refractivity contribution in [2.75, 3.05) is 39.4 Å². The average molecular weight is 398 g/mol. The molecular weight excluding hydrogens is 368 g/mol. The molecule has 0 unspecified atom stereocenters. The standard InChI is InChI=1S/C27H29N2O/c1-20-11-12-22(24-8-4-3-7-23(20)24)19-26-21(2)29(27-10-6-5-9-25(26)27)14-13-28-15-17-30-18-16-28/h3-12,19H,13-18H2,1-2H3/q+1/b26-19+. The van der Waals surface area contributed by atoms with E-state index in [1.807, 2.05) is 0 Å². The van der Waals surface area contributed by atoms with E-state index in [1.54, 1.807) is 0 Å². The highest BCUT2D eigenvalue weighted by Crippen LogP contribution is 2.36. The zero-order valence-corrected chi connectivity index (χ0v) is 17.9. The summed E-state index contributed by atoms with van der Waals surface area (Å²) in [5.74, 6) is 0. The first kappa shape index (κ1) is 19.2. The Morgan fingerprint density at radius 3 is 2.47 bits per heavy atom. The molecule has 3 heteroatoms. The normalized spacial score (nSPS) is 18.4. The van der Waals surface area contributed by atoms with Gasteiger partial charge in [0, 0.05) is 26.1 Å². The van der Waals surface area contributed by atoms with Crippen LogP contribution in [0.3, 0.4) is 0 Å². The summed E-state index contributed by atoms with van der Waals surface area (Å²) in [5.41, 5.74) is 7.95. The molecule has 5 rings (SSSR count). The van der Waals surface area contributed by atoms with Gasteiger partial charge < -0.3 is 4.74 Å². The van der Waals surface area contributed by atoms with Crippen LogP contribution >= 0.6 is 0 Å². The van der Waals surface area contributed by atoms with Crippen LogP contribution in [-0.4, -0.2) is 54.6 Å². The largest absolute Gasteiger partial charge is 0.379 e. The predicted molar refractivity (Wildman–Crippen MR) is 126 cm³/mol. The molecule has 0 aromatic heterocycles. The van der Waals surface area contributed by atoms with Crippen molar-refractivity contribution in [1.82, 2.24) is 4.90 Å². The minimum atomic E-state index is 0.852. The maximum absolute atomic E-state index is 5.51. The summed E-state index contributed by atoms with van der Waals surface area (Å²) in [7, 11) is 0. The van der Waals surface area contributed by atoms with Crippen molar-refractivity contribution < 1.29 is 9.31 Å². The van der Waals surface area contributed by atoms with Crippen LogP contribution in [0.2, 0.25) is 0 Å². The summed E-state index contributed by atoms with van der Waals surface area (Å²) >= 11 is 0. The molecule has 2 aliphatic rings. The maximum atomic E-state index is 5.51. The minimum absolute atomic E-state index is 0.852. The van der Waals surface area contributed by atoms with Crippen LogP contribution in [0.25, 0.3) is 22.4 Å². The van der Waals surface area contributed by atoms with E-state index in [-0.39, 0.29) is 0 Å². The summed E-state index contributed by atoms with van der Waals surface area (Å²) in [6.07, 6.45) is 2.38. The van der Waals surface area contributed by atoms with E-state index in [0.717, 1.165) is 39.4 Å². The fourth-order valence-electron chi connectivity index (χ4n) is 4.75. The molecule has 1 fully saturated rings. The van der Waals surface area contributed by atoms with Crippen molar-refractivity contribution in [2.24, 2.45) is 0 Å². The number of morpholine rings is 1. The number of benzene rings is 3. The lowest BCUT2D eigenvalue weighted by atomic mass is 9.96. The first-order valence-electron chi connectivity index (χ1n) is 10.9. The number of allylic oxidation sites excluding steroid dienone is 1. The van der Waals surface area contributed by atoms with Crippen LogP contribution in [-0.2, 0) is 4.74 Å². The molecule has 0 saturated carbocycles. The van der Waals surface area contributed by atoms with Crippen molar-refractivity contribution in [3.8, 4) is 0 Å². The van der Waals surface area contributed by atoms with Crippen LogP contribution < -0.4 is 0 Å². The third kappa shape index (κ3) is 3.49. The van der Waals surface area contributed by atoms with Crippen molar-refractivity contribution in [1.29, 1.82) is 0 Å². The number of rotatable bonds is 4. The summed E-state index contributed by atoms with van der Waals surface area (Å²) < 4.78 is 8.00. The lowest BCUT2D eigenvalue weighted by Crippen LogP contribution is -2.39. The molecule has 3 aromatic rings. The molecule has 0 amide bonds. The van der Waals surface area contributed by atoms with Crippen molar-refractivity contribution in [3.05, 3.63) is 77.4 Å². The summed E-state index contributed by atoms with van der Waals surface area (Å²) in [5, 5.41) is 2.65. The van der Waals surface area contributed by atoms with Gasteiger partial charge in [0.2, 0.25) is 5.69 Å². The topological polar surface area (TPSA) is 15.5 Å². The smallest absolute Gasteiger partial charge is 0.213 e. The zero-order chi connectivity index (χ0) is 20.5. The van der Waals surface area contributed by atoms with Gasteiger partial charge in [-0.3, -0.25) is 4.90 Å². The first-order valence-corrected chi connectivity index (χ1v) is 10.9. The Hall–Kier alpha value is -2.75. The van der Waals surface area contributed by atoms with E-state index in [4.69, 9.17) is 4.74 Å². The zero-order valence-electron chi connectivity index (χ0n) is 17.9. The highest BCUT2D eigenvalue weighted by molar-refractivity contribution is 6.28. The predicted octanol–water partition coefficient (Wildman–Crippen LogP) is 5.14. The number of para-hydroxylation sites is 1. The molecule has 0 aliphatic carbocycles. The van der Waals surface area contributed by atoms with Gasteiger partial charge >= 0.3 is 0 Å². The van der Waals surface area contributed by atoms with Gasteiger partial charge in [0.05, 0.1) is 30.9 Å². The third-order valence-corrected chi connectivity index (χ3v) is 6.50. The maximum Gasteiger partial charge on any atom is 0.213 e. The Morgan fingerprint density at radius 1 is 0.900 bits per heavy atom. The van der Waals surface area contributed by atoms with Crippen LogP contribution in [0, 0.1) is 6.92 Å². The SMILES string of the molecule is CC1=[N+](CCN2CCOCC2)c2ccccc2/C1=C/c1ccc(C)c2ccccc12. The van der Waals surface area contributed by atoms with Gasteiger partial charge in [-0.2, -0.15) is 4.58 Å². The van der Waals surface area contributed by atoms with Crippen molar-refractivity contribution >= 4 is 33.8 Å². The van der Waals surface area contributed by atoms with Crippen molar-refractivity contribution in [2.45, 2.75) is 13.8 Å². The molecule has 0 spiro atoms. The van der Waals surface area contributed by atoms with Crippen LogP contribution in [0.5, 0.6) is 0 Å². The summed E-state index contributed by atoms with van der Waals surface area (Å²) in [6.45, 7) is 10.3. The van der Waals surface area contributed by atoms with Gasteiger partial charge in [-0.05, 0) is 41.0 Å². The number of aryl methyl sites for hydroxylation is 1. The molecule has 3 nitrogen and oxygen atoms in total. The number of ether oxygens (including phenoxy) is 1. The minimum Gasteiger partial charge on any atom is -0.379 e. The Kier molecular flexibility index (Phi) is 5.24. The number of hydrogen-bond acceptors (Lipinski definition) is 2. The molecule has 0 N–H and O–H groups in total. The van der Waals surface area contributed by atoms with Crippen LogP contribution in [0.1, 0.15) is 23.6 Å². The highest BCUT2D eigenvalue weighted by atomic mass is 16.5.